The number of benzene rings is 1. The summed E-state index contributed by atoms with van der Waals surface area (Å²) in [5.74, 6) is 0.589. The molecule has 0 atom stereocenters. The van der Waals surface area contributed by atoms with E-state index in [1.807, 2.05) is 24.3 Å². The number of carbonyl (C=O) groups is 2. The first kappa shape index (κ1) is 19.0. The Morgan fingerprint density at radius 1 is 1.09 bits per heavy atom. The molecule has 128 valence electrons. The van der Waals surface area contributed by atoms with E-state index in [0.29, 0.717) is 26.1 Å². The predicted octanol–water partition coefficient (Wildman–Crippen LogP) is 3.17. The topological polar surface area (TPSA) is 55.8 Å². The fourth-order valence-corrected chi connectivity index (χ4v) is 2.19. The number of hydrogen-bond donors (Lipinski definition) is 0. The molecule has 0 spiro atoms. The van der Waals surface area contributed by atoms with Crippen LogP contribution in [0.2, 0.25) is 0 Å². The van der Waals surface area contributed by atoms with Crippen molar-refractivity contribution in [1.29, 1.82) is 0 Å². The van der Waals surface area contributed by atoms with Gasteiger partial charge in [-0.2, -0.15) is 0 Å². The average molecular weight is 321 g/mol. The maximum atomic E-state index is 12.3. The van der Waals surface area contributed by atoms with Crippen LogP contribution in [0.25, 0.3) is 0 Å². The van der Waals surface area contributed by atoms with Crippen LogP contribution in [-0.2, 0) is 20.9 Å². The van der Waals surface area contributed by atoms with E-state index in [9.17, 15) is 9.59 Å². The predicted molar refractivity (Wildman–Crippen MR) is 89.2 cm³/mol. The smallest absolute Gasteiger partial charge is 0.307 e. The summed E-state index contributed by atoms with van der Waals surface area (Å²) in [5.41, 5.74) is 1.01. The lowest BCUT2D eigenvalue weighted by molar-refractivity contribution is -0.144. The first-order chi connectivity index (χ1) is 11.1. The highest BCUT2D eigenvalue weighted by molar-refractivity contribution is 5.77. The molecule has 0 fully saturated rings. The van der Waals surface area contributed by atoms with Crippen LogP contribution in [0.3, 0.4) is 0 Å². The van der Waals surface area contributed by atoms with E-state index in [0.717, 1.165) is 24.2 Å². The van der Waals surface area contributed by atoms with Crippen LogP contribution in [0, 0.1) is 0 Å². The molecule has 0 heterocycles. The Balaban J connectivity index is 2.68. The largest absolute Gasteiger partial charge is 0.497 e. The lowest BCUT2D eigenvalue weighted by Gasteiger charge is -2.22. The molecule has 0 aliphatic rings. The molecule has 0 bridgehead atoms. The van der Waals surface area contributed by atoms with Crippen molar-refractivity contribution in [1.82, 2.24) is 4.90 Å². The van der Waals surface area contributed by atoms with Gasteiger partial charge in [0.05, 0.1) is 20.1 Å². The van der Waals surface area contributed by atoms with Crippen LogP contribution in [0.5, 0.6) is 5.75 Å². The van der Waals surface area contributed by atoms with E-state index in [2.05, 4.69) is 6.92 Å². The van der Waals surface area contributed by atoms with Crippen molar-refractivity contribution in [2.24, 2.45) is 0 Å². The molecule has 1 aromatic carbocycles. The van der Waals surface area contributed by atoms with Gasteiger partial charge < -0.3 is 14.4 Å². The van der Waals surface area contributed by atoms with Crippen molar-refractivity contribution in [2.75, 3.05) is 20.3 Å². The third-order valence-corrected chi connectivity index (χ3v) is 3.52. The van der Waals surface area contributed by atoms with Crippen molar-refractivity contribution in [3.05, 3.63) is 29.8 Å². The van der Waals surface area contributed by atoms with Crippen LogP contribution in [0.1, 0.15) is 45.1 Å². The molecule has 5 nitrogen and oxygen atoms in total. The van der Waals surface area contributed by atoms with Crippen LogP contribution < -0.4 is 4.74 Å². The number of carbonyl (C=O) groups excluding carboxylic acids is 2. The van der Waals surface area contributed by atoms with Gasteiger partial charge in [0, 0.05) is 19.5 Å². The van der Waals surface area contributed by atoms with E-state index >= 15 is 0 Å². The molecule has 0 saturated heterocycles. The Bertz CT molecular complexity index is 484. The number of ether oxygens (including phenoxy) is 2. The minimum atomic E-state index is -0.268. The Hall–Kier alpha value is -2.04. The second-order valence-electron chi connectivity index (χ2n) is 5.32. The zero-order valence-corrected chi connectivity index (χ0v) is 14.3. The number of nitrogens with zero attached hydrogens (tertiary/aromatic N) is 1. The van der Waals surface area contributed by atoms with Gasteiger partial charge in [0.2, 0.25) is 5.91 Å². The van der Waals surface area contributed by atoms with Gasteiger partial charge in [-0.15, -0.1) is 0 Å². The first-order valence-electron chi connectivity index (χ1n) is 8.17. The van der Waals surface area contributed by atoms with Gasteiger partial charge in [-0.3, -0.25) is 9.59 Å². The zero-order chi connectivity index (χ0) is 17.1. The van der Waals surface area contributed by atoms with Gasteiger partial charge in [-0.25, -0.2) is 0 Å². The maximum absolute atomic E-state index is 12.3. The normalized spacial score (nSPS) is 10.2. The van der Waals surface area contributed by atoms with E-state index in [1.54, 1.807) is 18.9 Å². The van der Waals surface area contributed by atoms with Crippen molar-refractivity contribution in [3.63, 3.8) is 0 Å². The summed E-state index contributed by atoms with van der Waals surface area (Å²) in [6.45, 7) is 5.07. The molecule has 0 aromatic heterocycles. The average Bonchev–Trinajstić information content (AvgIpc) is 2.57. The summed E-state index contributed by atoms with van der Waals surface area (Å²) in [6, 6.07) is 7.61. The summed E-state index contributed by atoms with van der Waals surface area (Å²) in [6.07, 6.45) is 2.56. The van der Waals surface area contributed by atoms with Gasteiger partial charge >= 0.3 is 5.97 Å². The molecule has 1 aromatic rings. The number of amides is 1. The molecule has 5 heteroatoms. The highest BCUT2D eigenvalue weighted by atomic mass is 16.5. The molecule has 0 aliphatic heterocycles. The maximum Gasteiger partial charge on any atom is 0.307 e. The van der Waals surface area contributed by atoms with Gasteiger partial charge in [0.15, 0.2) is 0 Å². The number of esters is 1. The van der Waals surface area contributed by atoms with Crippen LogP contribution >= 0.6 is 0 Å². The standard InChI is InChI=1S/C18H27NO4/c1-4-6-7-17(20)19(13-12-18(21)23-5-2)14-15-8-10-16(22-3)11-9-15/h8-11H,4-7,12-14H2,1-3H3. The van der Waals surface area contributed by atoms with Crippen molar-refractivity contribution < 1.29 is 19.1 Å². The lowest BCUT2D eigenvalue weighted by atomic mass is 10.1. The quantitative estimate of drug-likeness (QED) is 0.621. The number of unbranched alkanes of at least 4 members (excludes halogenated alkanes) is 1. The minimum Gasteiger partial charge on any atom is -0.497 e. The highest BCUT2D eigenvalue weighted by Crippen LogP contribution is 2.14. The van der Waals surface area contributed by atoms with Gasteiger partial charge in [-0.1, -0.05) is 25.5 Å². The number of hydrogen-bond acceptors (Lipinski definition) is 4. The first-order valence-corrected chi connectivity index (χ1v) is 8.17. The third-order valence-electron chi connectivity index (χ3n) is 3.52. The van der Waals surface area contributed by atoms with E-state index in [1.165, 1.54) is 0 Å². The van der Waals surface area contributed by atoms with Crippen LogP contribution in [-0.4, -0.2) is 37.0 Å². The summed E-state index contributed by atoms with van der Waals surface area (Å²) < 4.78 is 10.1. The van der Waals surface area contributed by atoms with Crippen LogP contribution in [0.15, 0.2) is 24.3 Å². The molecule has 1 amide bonds. The second kappa shape index (κ2) is 10.6. The highest BCUT2D eigenvalue weighted by Gasteiger charge is 2.15. The van der Waals surface area contributed by atoms with Gasteiger partial charge in [0.25, 0.3) is 0 Å². The summed E-state index contributed by atoms with van der Waals surface area (Å²) in [4.78, 5) is 25.6. The van der Waals surface area contributed by atoms with Gasteiger partial charge in [0.1, 0.15) is 5.75 Å². The fraction of sp³-hybridized carbons (Fsp3) is 0.556. The third kappa shape index (κ3) is 7.17. The van der Waals surface area contributed by atoms with E-state index in [4.69, 9.17) is 9.47 Å². The number of methoxy groups -OCH3 is 1. The van der Waals surface area contributed by atoms with Gasteiger partial charge in [-0.05, 0) is 31.0 Å². The molecule has 0 saturated carbocycles. The van der Waals surface area contributed by atoms with E-state index in [-0.39, 0.29) is 18.3 Å². The Kier molecular flexibility index (Phi) is 8.80. The summed E-state index contributed by atoms with van der Waals surface area (Å²) in [5, 5.41) is 0. The number of rotatable bonds is 10. The Morgan fingerprint density at radius 3 is 2.35 bits per heavy atom. The Morgan fingerprint density at radius 2 is 1.78 bits per heavy atom. The second-order valence-corrected chi connectivity index (χ2v) is 5.32. The molecule has 0 unspecified atom stereocenters. The zero-order valence-electron chi connectivity index (χ0n) is 14.3. The Labute approximate surface area is 138 Å². The molecule has 0 aliphatic carbocycles. The molecular formula is C18H27NO4. The minimum absolute atomic E-state index is 0.0759. The van der Waals surface area contributed by atoms with Crippen molar-refractivity contribution in [2.45, 2.75) is 46.1 Å². The van der Waals surface area contributed by atoms with E-state index < -0.39 is 0 Å². The molecular weight excluding hydrogens is 294 g/mol. The summed E-state index contributed by atoms with van der Waals surface area (Å²) in [7, 11) is 1.62. The van der Waals surface area contributed by atoms with Crippen molar-refractivity contribution in [3.8, 4) is 5.75 Å². The fourth-order valence-electron chi connectivity index (χ4n) is 2.19. The molecule has 23 heavy (non-hydrogen) atoms. The van der Waals surface area contributed by atoms with Crippen molar-refractivity contribution >= 4 is 11.9 Å². The SMILES string of the molecule is CCCCC(=O)N(CCC(=O)OCC)Cc1ccc(OC)cc1. The van der Waals surface area contributed by atoms with Crippen LogP contribution in [0.4, 0.5) is 0 Å². The molecule has 1 rings (SSSR count). The monoisotopic (exact) mass is 321 g/mol. The molecule has 0 radical (unpaired) electrons. The lowest BCUT2D eigenvalue weighted by Crippen LogP contribution is -2.32. The summed E-state index contributed by atoms with van der Waals surface area (Å²) >= 11 is 0. The molecule has 0 N–H and O–H groups in total.